The number of hydrogen-bond acceptors (Lipinski definition) is 9. The summed E-state index contributed by atoms with van der Waals surface area (Å²) in [6, 6.07) is 13.5. The predicted octanol–water partition coefficient (Wildman–Crippen LogP) is 4.01. The number of alkyl halides is 1. The number of benzene rings is 2. The number of nitrogens with two attached hydrogens (primary N) is 1. The molecule has 0 aliphatic carbocycles. The Bertz CT molecular complexity index is 1160. The van der Waals surface area contributed by atoms with Crippen molar-refractivity contribution in [3.05, 3.63) is 71.0 Å². The Balaban J connectivity index is 1.44. The molecule has 10 nitrogen and oxygen atoms in total. The average molecular weight is 523 g/mol. The fraction of sp³-hybridized carbons (Fsp3) is 0.304. The van der Waals surface area contributed by atoms with Gasteiger partial charge in [0.05, 0.1) is 27.0 Å². The van der Waals surface area contributed by atoms with E-state index in [1.807, 2.05) is 0 Å². The van der Waals surface area contributed by atoms with E-state index in [0.717, 1.165) is 10.8 Å². The number of halogens is 2. The first-order valence-electron chi connectivity index (χ1n) is 10.8. The van der Waals surface area contributed by atoms with Gasteiger partial charge in [0.2, 0.25) is 0 Å². The number of aromatic nitrogens is 2. The molecular formula is C23H24F2N3O7P. The lowest BCUT2D eigenvalue weighted by molar-refractivity contribution is -0.0320. The van der Waals surface area contributed by atoms with E-state index in [9.17, 15) is 13.6 Å². The molecule has 0 radical (unpaired) electrons. The van der Waals surface area contributed by atoms with Crippen LogP contribution in [0.5, 0.6) is 23.0 Å². The monoisotopic (exact) mass is 523 g/mol. The molecule has 2 heterocycles. The van der Waals surface area contributed by atoms with Gasteiger partial charge in [0.15, 0.2) is 11.6 Å². The van der Waals surface area contributed by atoms with Crippen LogP contribution >= 0.6 is 8.60 Å². The fourth-order valence-electron chi connectivity index (χ4n) is 3.32. The van der Waals surface area contributed by atoms with Crippen LogP contribution in [-0.4, -0.2) is 42.7 Å². The van der Waals surface area contributed by atoms with Crippen molar-refractivity contribution in [2.24, 2.45) is 0 Å². The van der Waals surface area contributed by atoms with E-state index < -0.39 is 44.4 Å². The van der Waals surface area contributed by atoms with Crippen LogP contribution in [0, 0.1) is 5.82 Å². The van der Waals surface area contributed by atoms with Crippen molar-refractivity contribution in [1.29, 1.82) is 0 Å². The third-order valence-electron chi connectivity index (χ3n) is 5.23. The second kappa shape index (κ2) is 11.5. The van der Waals surface area contributed by atoms with Crippen molar-refractivity contribution in [3.63, 3.8) is 0 Å². The third kappa shape index (κ3) is 6.20. The molecule has 1 saturated heterocycles. The van der Waals surface area contributed by atoms with Crippen molar-refractivity contribution in [1.82, 2.24) is 9.55 Å². The lowest BCUT2D eigenvalue weighted by Crippen LogP contribution is -2.29. The van der Waals surface area contributed by atoms with E-state index in [4.69, 9.17) is 33.5 Å². The van der Waals surface area contributed by atoms with Crippen LogP contribution in [0.3, 0.4) is 0 Å². The van der Waals surface area contributed by atoms with Crippen molar-refractivity contribution in [3.8, 4) is 23.0 Å². The molecule has 36 heavy (non-hydrogen) atoms. The van der Waals surface area contributed by atoms with Gasteiger partial charge in [-0.3, -0.25) is 9.09 Å². The summed E-state index contributed by atoms with van der Waals surface area (Å²) in [6.45, 7) is -0.255. The molecule has 3 atom stereocenters. The molecule has 2 aromatic carbocycles. The highest BCUT2D eigenvalue weighted by molar-refractivity contribution is 7.42. The molecule has 1 aliphatic rings. The maximum atomic E-state index is 14.7. The number of ether oxygens (including phenoxy) is 3. The highest BCUT2D eigenvalue weighted by atomic mass is 31.2. The largest absolute Gasteiger partial charge is 0.497 e. The normalized spacial score (nSPS) is 19.3. The zero-order chi connectivity index (χ0) is 25.7. The average Bonchev–Trinajstić information content (AvgIpc) is 3.25. The number of methoxy groups -OCH3 is 2. The lowest BCUT2D eigenvalue weighted by atomic mass is 10.2. The molecule has 0 saturated carbocycles. The van der Waals surface area contributed by atoms with Gasteiger partial charge in [0, 0.05) is 6.42 Å². The van der Waals surface area contributed by atoms with Gasteiger partial charge in [-0.25, -0.2) is 13.6 Å². The summed E-state index contributed by atoms with van der Waals surface area (Å²) >= 11 is 0. The zero-order valence-corrected chi connectivity index (χ0v) is 20.3. The van der Waals surface area contributed by atoms with Gasteiger partial charge in [0.1, 0.15) is 41.5 Å². The van der Waals surface area contributed by atoms with Crippen LogP contribution in [0.2, 0.25) is 0 Å². The predicted molar refractivity (Wildman–Crippen MR) is 126 cm³/mol. The van der Waals surface area contributed by atoms with Crippen LogP contribution < -0.4 is 29.9 Å². The third-order valence-corrected chi connectivity index (χ3v) is 6.31. The minimum Gasteiger partial charge on any atom is -0.497 e. The standard InChI is InChI=1S/C23H24F2N3O7P/c1-30-14-3-7-16(8-4-14)34-36(35-17-9-5-15(31-2)6-10-17)32-13-20-18(24)11-21(33-20)28-12-19(25)22(26)27-23(28)29/h3-10,12,18,20-21H,11,13H2,1-2H3,(H2,26,27,29). The first-order valence-corrected chi connectivity index (χ1v) is 11.9. The minimum absolute atomic E-state index is 0.199. The van der Waals surface area contributed by atoms with Gasteiger partial charge in [-0.05, 0) is 48.5 Å². The van der Waals surface area contributed by atoms with Gasteiger partial charge >= 0.3 is 14.3 Å². The molecule has 4 rings (SSSR count). The molecule has 0 spiro atoms. The molecule has 0 bridgehead atoms. The molecule has 3 aromatic rings. The van der Waals surface area contributed by atoms with E-state index >= 15 is 0 Å². The smallest absolute Gasteiger partial charge is 0.463 e. The van der Waals surface area contributed by atoms with Crippen LogP contribution in [0.15, 0.2) is 59.5 Å². The molecule has 3 unspecified atom stereocenters. The fourth-order valence-corrected chi connectivity index (χ4v) is 4.32. The maximum Gasteiger partial charge on any atom is 0.463 e. The Kier molecular flexibility index (Phi) is 8.19. The molecular weight excluding hydrogens is 499 g/mol. The number of nitrogens with zero attached hydrogens (tertiary/aromatic N) is 2. The maximum absolute atomic E-state index is 14.7. The number of nitrogen functional groups attached to an aromatic ring is 1. The summed E-state index contributed by atoms with van der Waals surface area (Å²) in [7, 11) is 1.04. The quantitative estimate of drug-likeness (QED) is 0.394. The Hall–Kier alpha value is -3.47. The molecule has 1 fully saturated rings. The topological polar surface area (TPSA) is 116 Å². The van der Waals surface area contributed by atoms with Gasteiger partial charge in [-0.2, -0.15) is 4.98 Å². The zero-order valence-electron chi connectivity index (χ0n) is 19.4. The van der Waals surface area contributed by atoms with Crippen LogP contribution in [0.1, 0.15) is 12.6 Å². The summed E-state index contributed by atoms with van der Waals surface area (Å²) < 4.78 is 62.8. The van der Waals surface area contributed by atoms with E-state index in [0.29, 0.717) is 23.0 Å². The lowest BCUT2D eigenvalue weighted by Gasteiger charge is -2.20. The van der Waals surface area contributed by atoms with Gasteiger partial charge in [-0.15, -0.1) is 0 Å². The van der Waals surface area contributed by atoms with Crippen molar-refractivity contribution in [2.45, 2.75) is 24.9 Å². The summed E-state index contributed by atoms with van der Waals surface area (Å²) in [6.07, 6.45) is -2.99. The number of anilines is 1. The summed E-state index contributed by atoms with van der Waals surface area (Å²) in [5.41, 5.74) is 4.46. The molecule has 0 amide bonds. The summed E-state index contributed by atoms with van der Waals surface area (Å²) in [5, 5.41) is 0. The Morgan fingerprint density at radius 2 is 1.56 bits per heavy atom. The molecule has 2 N–H and O–H groups in total. The number of rotatable bonds is 10. The van der Waals surface area contributed by atoms with Crippen LogP contribution in [-0.2, 0) is 9.26 Å². The first kappa shape index (κ1) is 25.6. The Labute approximate surface area is 206 Å². The molecule has 1 aliphatic heterocycles. The molecule has 192 valence electrons. The second-order valence-electron chi connectivity index (χ2n) is 7.60. The second-order valence-corrected chi connectivity index (χ2v) is 8.67. The van der Waals surface area contributed by atoms with Crippen molar-refractivity contribution >= 4 is 14.4 Å². The van der Waals surface area contributed by atoms with E-state index in [-0.39, 0.29) is 13.0 Å². The van der Waals surface area contributed by atoms with Crippen LogP contribution in [0.4, 0.5) is 14.6 Å². The van der Waals surface area contributed by atoms with Crippen LogP contribution in [0.25, 0.3) is 0 Å². The highest BCUT2D eigenvalue weighted by Crippen LogP contribution is 2.43. The molecule has 13 heteroatoms. The number of hydrogen-bond donors (Lipinski definition) is 1. The summed E-state index contributed by atoms with van der Waals surface area (Å²) in [4.78, 5) is 15.5. The van der Waals surface area contributed by atoms with Gasteiger partial charge < -0.3 is 29.0 Å². The highest BCUT2D eigenvalue weighted by Gasteiger charge is 2.38. The minimum atomic E-state index is -2.05. The Morgan fingerprint density at radius 3 is 2.08 bits per heavy atom. The SMILES string of the molecule is COc1ccc(OP(OCC2OC(n3cc(F)c(N)nc3=O)CC2F)Oc2ccc(OC)cc2)cc1. The first-order chi connectivity index (χ1) is 17.4. The molecule has 1 aromatic heterocycles. The van der Waals surface area contributed by atoms with Crippen molar-refractivity contribution < 1.29 is 36.6 Å². The van der Waals surface area contributed by atoms with Crippen molar-refractivity contribution in [2.75, 3.05) is 26.6 Å². The van der Waals surface area contributed by atoms with Gasteiger partial charge in [-0.1, -0.05) is 0 Å². The summed E-state index contributed by atoms with van der Waals surface area (Å²) in [5.74, 6) is 0.705. The van der Waals surface area contributed by atoms with E-state index in [1.54, 1.807) is 62.8 Å². The van der Waals surface area contributed by atoms with E-state index in [2.05, 4.69) is 4.98 Å². The van der Waals surface area contributed by atoms with Gasteiger partial charge in [0.25, 0.3) is 0 Å². The van der Waals surface area contributed by atoms with E-state index in [1.165, 1.54) is 0 Å². The Morgan fingerprint density at radius 1 is 1.03 bits per heavy atom.